The Bertz CT molecular complexity index is 1230. The van der Waals surface area contributed by atoms with Gasteiger partial charge in [0.1, 0.15) is 11.5 Å². The largest absolute Gasteiger partial charge is 0.417 e. The van der Waals surface area contributed by atoms with Crippen LogP contribution in [0.3, 0.4) is 0 Å². The third-order valence-corrected chi connectivity index (χ3v) is 7.15. The molecule has 1 amide bonds. The van der Waals surface area contributed by atoms with Crippen LogP contribution in [0, 0.1) is 11.8 Å². The lowest BCUT2D eigenvalue weighted by Gasteiger charge is -2.43. The highest BCUT2D eigenvalue weighted by Gasteiger charge is 2.46. The number of hydrogen-bond acceptors (Lipinski definition) is 5. The number of nitrogens with one attached hydrogen (secondary N) is 1. The molecule has 0 radical (unpaired) electrons. The van der Waals surface area contributed by atoms with E-state index in [1.54, 1.807) is 45.0 Å². The molecule has 0 spiro atoms. The highest BCUT2D eigenvalue weighted by molar-refractivity contribution is 6.30. The Kier molecular flexibility index (Phi) is 9.25. The smallest absolute Gasteiger partial charge is 0.394 e. The van der Waals surface area contributed by atoms with Crippen LogP contribution in [-0.4, -0.2) is 61.5 Å². The lowest BCUT2D eigenvalue weighted by molar-refractivity contribution is -0.148. The lowest BCUT2D eigenvalue weighted by Crippen LogP contribution is -2.59. The summed E-state index contributed by atoms with van der Waals surface area (Å²) in [6, 6.07) is 5.73. The van der Waals surface area contributed by atoms with Gasteiger partial charge in [0.15, 0.2) is 0 Å². The minimum absolute atomic E-state index is 0.0213. The molecule has 1 fully saturated rings. The average Bonchev–Trinajstić information content (AvgIpc) is 2.99. The van der Waals surface area contributed by atoms with Crippen molar-refractivity contribution in [1.29, 1.82) is 0 Å². The Labute approximate surface area is 229 Å². The van der Waals surface area contributed by atoms with Crippen molar-refractivity contribution >= 4 is 35.5 Å². The van der Waals surface area contributed by atoms with Crippen LogP contribution in [0.4, 0.5) is 22.0 Å². The Morgan fingerprint density at radius 3 is 2.51 bits per heavy atom. The summed E-state index contributed by atoms with van der Waals surface area (Å²) in [7, 11) is 1.49. The van der Waals surface area contributed by atoms with E-state index in [-0.39, 0.29) is 23.6 Å². The Morgan fingerprint density at radius 1 is 1.28 bits per heavy atom. The number of benzene rings is 1. The van der Waals surface area contributed by atoms with Crippen LogP contribution >= 0.6 is 11.6 Å². The normalized spacial score (nSPS) is 24.4. The maximum absolute atomic E-state index is 14.7. The fourth-order valence-electron chi connectivity index (χ4n) is 4.65. The van der Waals surface area contributed by atoms with Crippen LogP contribution < -0.4 is 11.1 Å². The maximum atomic E-state index is 14.7. The summed E-state index contributed by atoms with van der Waals surface area (Å²) in [4.78, 5) is 22.6. The molecule has 3 atom stereocenters. The number of likely N-dealkylation sites (tertiary alicyclic amines) is 1. The number of aliphatic imine (C=N–C) groups is 2. The van der Waals surface area contributed by atoms with E-state index >= 15 is 0 Å². The number of halogens is 6. The van der Waals surface area contributed by atoms with Gasteiger partial charge < -0.3 is 16.0 Å². The van der Waals surface area contributed by atoms with Crippen molar-refractivity contribution in [3.05, 3.63) is 63.6 Å². The van der Waals surface area contributed by atoms with Crippen molar-refractivity contribution < 1.29 is 26.7 Å². The van der Waals surface area contributed by atoms with Gasteiger partial charge in [-0.2, -0.15) is 13.2 Å². The molecule has 2 heterocycles. The number of alkyl halides is 5. The van der Waals surface area contributed by atoms with Gasteiger partial charge in [-0.3, -0.25) is 9.79 Å². The zero-order chi connectivity index (χ0) is 29.1. The van der Waals surface area contributed by atoms with Crippen molar-refractivity contribution in [1.82, 2.24) is 10.2 Å². The molecule has 12 heteroatoms. The molecule has 2 aliphatic heterocycles. The first-order valence-corrected chi connectivity index (χ1v) is 12.7. The molecule has 212 valence electrons. The van der Waals surface area contributed by atoms with Gasteiger partial charge >= 0.3 is 6.18 Å². The molecule has 6 nitrogen and oxygen atoms in total. The zero-order valence-electron chi connectivity index (χ0n) is 22.0. The van der Waals surface area contributed by atoms with E-state index in [1.807, 2.05) is 0 Å². The van der Waals surface area contributed by atoms with Crippen molar-refractivity contribution in [3.63, 3.8) is 0 Å². The van der Waals surface area contributed by atoms with Gasteiger partial charge in [-0.25, -0.2) is 13.8 Å². The number of nitrogens with zero attached hydrogens (tertiary/aromatic N) is 3. The second kappa shape index (κ2) is 11.9. The molecular weight excluding hydrogens is 541 g/mol. The van der Waals surface area contributed by atoms with Crippen LogP contribution in [-0.2, 0) is 4.79 Å². The number of rotatable bonds is 6. The van der Waals surface area contributed by atoms with Crippen molar-refractivity contribution in [2.45, 2.75) is 45.3 Å². The highest BCUT2D eigenvalue weighted by atomic mass is 35.5. The molecule has 3 rings (SSSR count). The summed E-state index contributed by atoms with van der Waals surface area (Å²) in [5.74, 6) is -5.00. The van der Waals surface area contributed by atoms with E-state index in [2.05, 4.69) is 15.3 Å². The van der Waals surface area contributed by atoms with Crippen LogP contribution in [0.25, 0.3) is 5.57 Å². The van der Waals surface area contributed by atoms with Gasteiger partial charge in [0.05, 0.1) is 18.2 Å². The molecular formula is C27H31ClF5N5O. The maximum Gasteiger partial charge on any atom is 0.417 e. The van der Waals surface area contributed by atoms with Crippen LogP contribution in [0.5, 0.6) is 0 Å². The molecule has 2 unspecified atom stereocenters. The molecule has 39 heavy (non-hydrogen) atoms. The Balaban J connectivity index is 1.93. The van der Waals surface area contributed by atoms with E-state index in [9.17, 15) is 26.7 Å². The first-order chi connectivity index (χ1) is 18.1. The van der Waals surface area contributed by atoms with E-state index in [0.29, 0.717) is 16.2 Å². The summed E-state index contributed by atoms with van der Waals surface area (Å²) in [6.07, 6.45) is -1.85. The monoisotopic (exact) mass is 571 g/mol. The van der Waals surface area contributed by atoms with Crippen molar-refractivity contribution in [2.24, 2.45) is 27.6 Å². The van der Waals surface area contributed by atoms with Crippen molar-refractivity contribution in [3.8, 4) is 0 Å². The zero-order valence-corrected chi connectivity index (χ0v) is 22.7. The molecule has 3 N–H and O–H groups in total. The van der Waals surface area contributed by atoms with E-state index in [1.165, 1.54) is 13.3 Å². The standard InChI is InChI=1S/C27H31ClF5N5O/c1-15-9-19(27(31,32)33)11-36-24(17(15)3)37-13-22-16(2)10-26(29,30)14-38(22)25(39)23(34)21(12-35-4)18-5-7-20(28)8-6-18/h5-9,11-12,15-16,22,37H,10,13-14,34H2,1-4H3/t15?,16?,22-/m1/s1. The fraction of sp³-hybridized carbons (Fsp3) is 0.444. The second-order valence-corrected chi connectivity index (χ2v) is 10.3. The van der Waals surface area contributed by atoms with Crippen LogP contribution in [0.2, 0.25) is 5.02 Å². The second-order valence-electron chi connectivity index (χ2n) is 9.84. The highest BCUT2D eigenvalue weighted by Crippen LogP contribution is 2.36. The van der Waals surface area contributed by atoms with E-state index in [4.69, 9.17) is 17.3 Å². The molecule has 1 saturated heterocycles. The third kappa shape index (κ3) is 7.26. The van der Waals surface area contributed by atoms with Gasteiger partial charge in [0.25, 0.3) is 11.8 Å². The first-order valence-electron chi connectivity index (χ1n) is 12.3. The Hall–Kier alpha value is -3.21. The summed E-state index contributed by atoms with van der Waals surface area (Å²) < 4.78 is 69.2. The van der Waals surface area contributed by atoms with E-state index in [0.717, 1.165) is 17.2 Å². The quantitative estimate of drug-likeness (QED) is 0.264. The molecule has 0 bridgehead atoms. The molecule has 0 aliphatic carbocycles. The van der Waals surface area contributed by atoms with Crippen LogP contribution in [0.15, 0.2) is 63.0 Å². The Morgan fingerprint density at radius 2 is 1.92 bits per heavy atom. The number of nitrogens with two attached hydrogens (primary N) is 1. The van der Waals surface area contributed by atoms with Gasteiger partial charge in [0.2, 0.25) is 0 Å². The van der Waals surface area contributed by atoms with Gasteiger partial charge in [-0.15, -0.1) is 0 Å². The molecule has 0 saturated carbocycles. The predicted molar refractivity (Wildman–Crippen MR) is 144 cm³/mol. The minimum Gasteiger partial charge on any atom is -0.394 e. The van der Waals surface area contributed by atoms with Gasteiger partial charge in [-0.1, -0.05) is 43.7 Å². The van der Waals surface area contributed by atoms with Crippen molar-refractivity contribution in [2.75, 3.05) is 20.1 Å². The molecule has 1 aromatic rings. The summed E-state index contributed by atoms with van der Waals surface area (Å²) in [5, 5.41) is 3.46. The predicted octanol–water partition coefficient (Wildman–Crippen LogP) is 5.61. The number of carbonyl (C=O) groups excluding carboxylic acids is 1. The lowest BCUT2D eigenvalue weighted by atomic mass is 9.87. The number of amides is 1. The molecule has 2 aliphatic rings. The summed E-state index contributed by atoms with van der Waals surface area (Å²) >= 11 is 5.96. The van der Waals surface area contributed by atoms with Crippen LogP contribution in [0.1, 0.15) is 32.8 Å². The molecule has 0 aromatic heterocycles. The fourth-order valence-corrected chi connectivity index (χ4v) is 4.78. The summed E-state index contributed by atoms with van der Waals surface area (Å²) in [5.41, 5.74) is 6.42. The number of piperidine rings is 1. The SMILES string of the molecule is CN=CC(=C(N)C(=O)N1CC(F)(F)CC(C)[C@H]1CNC1=C(C)C(C)C=C(C(F)(F)F)C=N1)c1ccc(Cl)cc1. The average molecular weight is 572 g/mol. The van der Waals surface area contributed by atoms with Gasteiger partial charge in [-0.05, 0) is 42.0 Å². The number of carbonyl (C=O) groups is 1. The number of allylic oxidation sites excluding steroid dienone is 4. The van der Waals surface area contributed by atoms with E-state index < -0.39 is 54.4 Å². The summed E-state index contributed by atoms with van der Waals surface area (Å²) in [6.45, 7) is 3.96. The first kappa shape index (κ1) is 30.3. The molecule has 1 aromatic carbocycles. The van der Waals surface area contributed by atoms with Gasteiger partial charge in [0, 0.05) is 43.0 Å². The third-order valence-electron chi connectivity index (χ3n) is 6.90. The topological polar surface area (TPSA) is 83.1 Å². The number of hydrogen-bond donors (Lipinski definition) is 2. The minimum atomic E-state index is -4.56.